The molecule has 1 fully saturated rings. The molecule has 6 heteroatoms. The average Bonchev–Trinajstić information content (AvgIpc) is 3.04. The fraction of sp³-hybridized carbons (Fsp3) is 0.583. The summed E-state index contributed by atoms with van der Waals surface area (Å²) < 4.78 is 1.77. The van der Waals surface area contributed by atoms with Crippen LogP contribution in [0.25, 0.3) is 5.78 Å². The highest BCUT2D eigenvalue weighted by molar-refractivity contribution is 6.29. The van der Waals surface area contributed by atoms with Gasteiger partial charge in [-0.25, -0.2) is 0 Å². The molecule has 0 aromatic carbocycles. The van der Waals surface area contributed by atoms with Crippen molar-refractivity contribution in [3.63, 3.8) is 0 Å². The molecule has 0 N–H and O–H groups in total. The van der Waals surface area contributed by atoms with Gasteiger partial charge in [-0.1, -0.05) is 25.4 Å². The van der Waals surface area contributed by atoms with E-state index in [4.69, 9.17) is 11.6 Å². The first kappa shape index (κ1) is 11.7. The summed E-state index contributed by atoms with van der Waals surface area (Å²) in [4.78, 5) is 10.7. The van der Waals surface area contributed by atoms with Crippen molar-refractivity contribution in [2.75, 3.05) is 11.4 Å². The van der Waals surface area contributed by atoms with Gasteiger partial charge in [0.05, 0.1) is 0 Å². The summed E-state index contributed by atoms with van der Waals surface area (Å²) in [6.07, 6.45) is 3.99. The molecule has 0 bridgehead atoms. The van der Waals surface area contributed by atoms with Crippen molar-refractivity contribution in [1.82, 2.24) is 19.6 Å². The quantitative estimate of drug-likeness (QED) is 0.797. The molecule has 0 saturated heterocycles. The van der Waals surface area contributed by atoms with Crippen LogP contribution in [-0.4, -0.2) is 32.2 Å². The van der Waals surface area contributed by atoms with Crippen LogP contribution >= 0.6 is 11.6 Å². The molecule has 0 atom stereocenters. The molecule has 0 aliphatic heterocycles. The molecule has 2 aromatic heterocycles. The van der Waals surface area contributed by atoms with Gasteiger partial charge in [0.2, 0.25) is 0 Å². The van der Waals surface area contributed by atoms with Crippen LogP contribution in [0.5, 0.6) is 0 Å². The maximum absolute atomic E-state index is 6.07. The number of anilines is 1. The van der Waals surface area contributed by atoms with E-state index in [-0.39, 0.29) is 0 Å². The summed E-state index contributed by atoms with van der Waals surface area (Å²) in [5, 5.41) is 4.71. The molecule has 1 aliphatic rings. The molecule has 18 heavy (non-hydrogen) atoms. The molecule has 96 valence electrons. The molecule has 2 aromatic rings. The summed E-state index contributed by atoms with van der Waals surface area (Å²) in [6, 6.07) is 2.49. The summed E-state index contributed by atoms with van der Waals surface area (Å²) in [7, 11) is 0. The second-order valence-electron chi connectivity index (χ2n) is 5.19. The lowest BCUT2D eigenvalue weighted by atomic mass is 10.2. The first-order chi connectivity index (χ1) is 8.65. The second kappa shape index (κ2) is 4.39. The minimum Gasteiger partial charge on any atom is -0.353 e. The molecule has 2 heterocycles. The third-order valence-electron chi connectivity index (χ3n) is 3.05. The smallest absolute Gasteiger partial charge is 0.255 e. The van der Waals surface area contributed by atoms with Gasteiger partial charge in [0, 0.05) is 18.7 Å². The highest BCUT2D eigenvalue weighted by Crippen LogP contribution is 2.33. The highest BCUT2D eigenvalue weighted by atomic mass is 35.5. The molecule has 0 spiro atoms. The Bertz CT molecular complexity index is 561. The van der Waals surface area contributed by atoms with Crippen LogP contribution in [0, 0.1) is 5.92 Å². The Balaban J connectivity index is 2.07. The van der Waals surface area contributed by atoms with E-state index in [0.29, 0.717) is 22.9 Å². The van der Waals surface area contributed by atoms with E-state index in [1.165, 1.54) is 19.2 Å². The van der Waals surface area contributed by atoms with Crippen LogP contribution in [0.2, 0.25) is 5.15 Å². The second-order valence-corrected chi connectivity index (χ2v) is 5.57. The summed E-state index contributed by atoms with van der Waals surface area (Å²) >= 11 is 6.07. The van der Waals surface area contributed by atoms with Crippen LogP contribution in [0.3, 0.4) is 0 Å². The Morgan fingerprint density at radius 3 is 2.94 bits per heavy atom. The number of fused-ring (bicyclic) bond motifs is 1. The van der Waals surface area contributed by atoms with Gasteiger partial charge in [-0.05, 0) is 18.8 Å². The van der Waals surface area contributed by atoms with Crippen molar-refractivity contribution in [2.24, 2.45) is 5.92 Å². The van der Waals surface area contributed by atoms with E-state index in [1.807, 2.05) is 6.07 Å². The predicted octanol–water partition coefficient (Wildman–Crippen LogP) is 2.40. The zero-order valence-electron chi connectivity index (χ0n) is 10.5. The summed E-state index contributed by atoms with van der Waals surface area (Å²) in [5.41, 5.74) is 0. The third kappa shape index (κ3) is 2.14. The van der Waals surface area contributed by atoms with Gasteiger partial charge < -0.3 is 4.90 Å². The van der Waals surface area contributed by atoms with Crippen LogP contribution < -0.4 is 4.90 Å². The molecule has 1 saturated carbocycles. The Kier molecular flexibility index (Phi) is 2.86. The highest BCUT2D eigenvalue weighted by Gasteiger charge is 2.31. The molecule has 0 amide bonds. The molecular formula is C12H16ClN5. The maximum atomic E-state index is 6.07. The number of rotatable bonds is 4. The van der Waals surface area contributed by atoms with E-state index < -0.39 is 0 Å². The Morgan fingerprint density at radius 2 is 2.28 bits per heavy atom. The minimum absolute atomic E-state index is 0.472. The van der Waals surface area contributed by atoms with Gasteiger partial charge in [0.25, 0.3) is 5.78 Å². The summed E-state index contributed by atoms with van der Waals surface area (Å²) in [5.74, 6) is 2.15. The van der Waals surface area contributed by atoms with Crippen LogP contribution in [0.1, 0.15) is 26.7 Å². The van der Waals surface area contributed by atoms with Crippen LogP contribution in [-0.2, 0) is 0 Å². The molecule has 0 unspecified atom stereocenters. The molecule has 5 nitrogen and oxygen atoms in total. The van der Waals surface area contributed by atoms with Crippen molar-refractivity contribution >= 4 is 23.2 Å². The third-order valence-corrected chi connectivity index (χ3v) is 3.24. The zero-order valence-corrected chi connectivity index (χ0v) is 11.3. The van der Waals surface area contributed by atoms with Crippen LogP contribution in [0.15, 0.2) is 12.4 Å². The first-order valence-electron chi connectivity index (χ1n) is 6.28. The summed E-state index contributed by atoms with van der Waals surface area (Å²) in [6.45, 7) is 5.44. The minimum atomic E-state index is 0.472. The Hall–Kier alpha value is -1.36. The zero-order chi connectivity index (χ0) is 12.7. The van der Waals surface area contributed by atoms with Crippen molar-refractivity contribution in [1.29, 1.82) is 0 Å². The molecule has 3 rings (SSSR count). The number of aromatic nitrogens is 4. The average molecular weight is 266 g/mol. The van der Waals surface area contributed by atoms with Gasteiger partial charge in [-0.3, -0.25) is 0 Å². The van der Waals surface area contributed by atoms with Crippen molar-refractivity contribution < 1.29 is 0 Å². The fourth-order valence-electron chi connectivity index (χ4n) is 2.18. The van der Waals surface area contributed by atoms with Crippen LogP contribution in [0.4, 0.5) is 5.82 Å². The van der Waals surface area contributed by atoms with Crippen molar-refractivity contribution in [3.8, 4) is 0 Å². The molecule has 1 aliphatic carbocycles. The predicted molar refractivity (Wildman–Crippen MR) is 71.0 cm³/mol. The standard InChI is InChI=1S/C12H16ClN5/c1-8(2)6-17(9-3-4-9)11-5-10(13)16-12-14-7-15-18(11)12/h5,7-9H,3-4,6H2,1-2H3. The maximum Gasteiger partial charge on any atom is 0.255 e. The monoisotopic (exact) mass is 265 g/mol. The Morgan fingerprint density at radius 1 is 1.50 bits per heavy atom. The van der Waals surface area contributed by atoms with E-state index in [1.54, 1.807) is 4.52 Å². The lowest BCUT2D eigenvalue weighted by Gasteiger charge is -2.26. The van der Waals surface area contributed by atoms with Gasteiger partial charge in [0.15, 0.2) is 0 Å². The van der Waals surface area contributed by atoms with Gasteiger partial charge >= 0.3 is 0 Å². The van der Waals surface area contributed by atoms with E-state index in [9.17, 15) is 0 Å². The lowest BCUT2D eigenvalue weighted by Crippen LogP contribution is -2.31. The van der Waals surface area contributed by atoms with Gasteiger partial charge in [0.1, 0.15) is 17.3 Å². The number of hydrogen-bond donors (Lipinski definition) is 0. The number of halogens is 1. The largest absolute Gasteiger partial charge is 0.353 e. The lowest BCUT2D eigenvalue weighted by molar-refractivity contribution is 0.597. The van der Waals surface area contributed by atoms with E-state index >= 15 is 0 Å². The SMILES string of the molecule is CC(C)CN(c1cc(Cl)nc2ncnn12)C1CC1. The molecular weight excluding hydrogens is 250 g/mol. The van der Waals surface area contributed by atoms with E-state index in [0.717, 1.165) is 12.4 Å². The normalized spacial score (nSPS) is 15.6. The van der Waals surface area contributed by atoms with Crippen molar-refractivity contribution in [3.05, 3.63) is 17.5 Å². The number of hydrogen-bond acceptors (Lipinski definition) is 4. The number of nitrogens with zero attached hydrogens (tertiary/aromatic N) is 5. The molecule has 0 radical (unpaired) electrons. The topological polar surface area (TPSA) is 46.3 Å². The first-order valence-corrected chi connectivity index (χ1v) is 6.66. The van der Waals surface area contributed by atoms with Gasteiger partial charge in [-0.15, -0.1) is 0 Å². The van der Waals surface area contributed by atoms with Crippen molar-refractivity contribution in [2.45, 2.75) is 32.7 Å². The Labute approximate surface area is 111 Å². The van der Waals surface area contributed by atoms with Gasteiger partial charge in [-0.2, -0.15) is 19.6 Å². The van der Waals surface area contributed by atoms with E-state index in [2.05, 4.69) is 33.8 Å². The fourth-order valence-corrected chi connectivity index (χ4v) is 2.36.